The Morgan fingerprint density at radius 3 is 2.68 bits per heavy atom. The third kappa shape index (κ3) is 5.87. The van der Waals surface area contributed by atoms with E-state index in [2.05, 4.69) is 24.0 Å². The molecule has 0 aliphatic heterocycles. The van der Waals surface area contributed by atoms with E-state index in [4.69, 9.17) is 0 Å². The summed E-state index contributed by atoms with van der Waals surface area (Å²) in [7, 11) is 0. The first-order valence-electron chi connectivity index (χ1n) is 6.52. The highest BCUT2D eigenvalue weighted by molar-refractivity contribution is 5.87. The fourth-order valence-electron chi connectivity index (χ4n) is 1.79. The van der Waals surface area contributed by atoms with Gasteiger partial charge in [-0.05, 0) is 30.9 Å². The largest absolute Gasteiger partial charge is 0.352 e. The molecule has 0 unspecified atom stereocenters. The lowest BCUT2D eigenvalue weighted by Crippen LogP contribution is -2.23. The second-order valence-corrected chi connectivity index (χ2v) is 4.19. The number of rotatable bonds is 7. The molecule has 19 heavy (non-hydrogen) atoms. The molecule has 0 aliphatic rings. The molecule has 1 amide bonds. The van der Waals surface area contributed by atoms with Crippen molar-refractivity contribution in [2.45, 2.75) is 19.8 Å². The van der Waals surface area contributed by atoms with Gasteiger partial charge < -0.3 is 5.32 Å². The number of nitrogens with one attached hydrogen (secondary N) is 1. The summed E-state index contributed by atoms with van der Waals surface area (Å²) >= 11 is 0. The number of carbonyl (C=O) groups is 1. The number of hydrogen-bond acceptors (Lipinski definition) is 1. The number of amides is 1. The smallest absolute Gasteiger partial charge is 0.243 e. The first-order chi connectivity index (χ1) is 9.27. The summed E-state index contributed by atoms with van der Waals surface area (Å²) in [5, 5.41) is 2.87. The van der Waals surface area contributed by atoms with Crippen LogP contribution in [0.4, 0.5) is 0 Å². The molecule has 2 heteroatoms. The van der Waals surface area contributed by atoms with Crippen molar-refractivity contribution < 1.29 is 4.79 Å². The van der Waals surface area contributed by atoms with Crippen LogP contribution in [0.1, 0.15) is 18.1 Å². The number of allylic oxidation sites excluding steroid dienone is 4. The zero-order valence-corrected chi connectivity index (χ0v) is 11.4. The van der Waals surface area contributed by atoms with E-state index in [0.29, 0.717) is 6.54 Å². The molecule has 0 aliphatic carbocycles. The summed E-state index contributed by atoms with van der Waals surface area (Å²) in [5.74, 6) is -0.0562. The molecule has 0 saturated carbocycles. The Bertz CT molecular complexity index is 472. The predicted octanol–water partition coefficient (Wildman–Crippen LogP) is 3.21. The van der Waals surface area contributed by atoms with E-state index in [-0.39, 0.29) is 5.91 Å². The lowest BCUT2D eigenvalue weighted by Gasteiger charge is -2.07. The van der Waals surface area contributed by atoms with Crippen molar-refractivity contribution >= 4 is 5.91 Å². The molecule has 0 radical (unpaired) electrons. The fraction of sp³-hybridized carbons (Fsp3) is 0.235. The summed E-state index contributed by atoms with van der Waals surface area (Å²) in [5.41, 5.74) is 2.54. The fourth-order valence-corrected chi connectivity index (χ4v) is 1.79. The minimum absolute atomic E-state index is 0.0562. The van der Waals surface area contributed by atoms with Gasteiger partial charge in [-0.2, -0.15) is 0 Å². The molecule has 0 fully saturated rings. The molecule has 1 aromatic rings. The maximum Gasteiger partial charge on any atom is 0.243 e. The zero-order valence-electron chi connectivity index (χ0n) is 11.4. The molecule has 1 aromatic carbocycles. The molecule has 100 valence electrons. The maximum absolute atomic E-state index is 11.5. The highest BCUT2D eigenvalue weighted by Gasteiger charge is 2.00. The van der Waals surface area contributed by atoms with Gasteiger partial charge in [-0.15, -0.1) is 6.58 Å². The van der Waals surface area contributed by atoms with E-state index in [1.807, 2.05) is 37.3 Å². The lowest BCUT2D eigenvalue weighted by atomic mass is 10.0. The SMILES string of the molecule is C=CCc1ccccc1CCNC(=O)/C=C/C=C/C. The van der Waals surface area contributed by atoms with Gasteiger partial charge in [-0.1, -0.05) is 48.6 Å². The summed E-state index contributed by atoms with van der Waals surface area (Å²) in [6, 6.07) is 8.25. The van der Waals surface area contributed by atoms with Gasteiger partial charge in [0.1, 0.15) is 0 Å². The standard InChI is InChI=1S/C17H21NO/c1-3-5-6-12-17(19)18-14-13-16-11-8-7-10-15(16)9-4-2/h3-8,10-12H,2,9,13-14H2,1H3,(H,18,19)/b5-3+,12-6+. The van der Waals surface area contributed by atoms with Gasteiger partial charge in [-0.25, -0.2) is 0 Å². The van der Waals surface area contributed by atoms with E-state index in [0.717, 1.165) is 12.8 Å². The zero-order chi connectivity index (χ0) is 13.9. The molecule has 0 heterocycles. The van der Waals surface area contributed by atoms with Crippen LogP contribution >= 0.6 is 0 Å². The molecule has 0 bridgehead atoms. The van der Waals surface area contributed by atoms with E-state index >= 15 is 0 Å². The highest BCUT2D eigenvalue weighted by Crippen LogP contribution is 2.10. The lowest BCUT2D eigenvalue weighted by molar-refractivity contribution is -0.116. The molecule has 0 atom stereocenters. The third-order valence-corrected chi connectivity index (χ3v) is 2.73. The van der Waals surface area contributed by atoms with Crippen molar-refractivity contribution in [3.05, 3.63) is 72.4 Å². The second kappa shape index (κ2) is 8.92. The minimum Gasteiger partial charge on any atom is -0.352 e. The van der Waals surface area contributed by atoms with Crippen molar-refractivity contribution in [2.24, 2.45) is 0 Å². The van der Waals surface area contributed by atoms with Gasteiger partial charge in [0.15, 0.2) is 0 Å². The quantitative estimate of drug-likeness (QED) is 0.452. The van der Waals surface area contributed by atoms with Gasteiger partial charge in [-0.3, -0.25) is 4.79 Å². The molecule has 0 spiro atoms. The van der Waals surface area contributed by atoms with Crippen molar-refractivity contribution in [3.8, 4) is 0 Å². The Morgan fingerprint density at radius 2 is 2.00 bits per heavy atom. The average molecular weight is 255 g/mol. The van der Waals surface area contributed by atoms with Crippen LogP contribution in [0.15, 0.2) is 61.2 Å². The molecule has 1 rings (SSSR count). The van der Waals surface area contributed by atoms with Gasteiger partial charge in [0.2, 0.25) is 5.91 Å². The Hall–Kier alpha value is -2.09. The van der Waals surface area contributed by atoms with Crippen LogP contribution in [0.2, 0.25) is 0 Å². The van der Waals surface area contributed by atoms with E-state index < -0.39 is 0 Å². The number of benzene rings is 1. The Labute approximate surface area is 115 Å². The Morgan fingerprint density at radius 1 is 1.26 bits per heavy atom. The maximum atomic E-state index is 11.5. The van der Waals surface area contributed by atoms with Gasteiger partial charge in [0.25, 0.3) is 0 Å². The number of carbonyl (C=O) groups excluding carboxylic acids is 1. The first-order valence-corrected chi connectivity index (χ1v) is 6.52. The summed E-state index contributed by atoms with van der Waals surface area (Å²) in [4.78, 5) is 11.5. The van der Waals surface area contributed by atoms with Gasteiger partial charge in [0, 0.05) is 12.6 Å². The molecular formula is C17H21NO. The van der Waals surface area contributed by atoms with E-state index in [1.165, 1.54) is 17.2 Å². The van der Waals surface area contributed by atoms with Crippen molar-refractivity contribution in [1.82, 2.24) is 5.32 Å². The van der Waals surface area contributed by atoms with E-state index in [1.54, 1.807) is 6.08 Å². The van der Waals surface area contributed by atoms with Crippen LogP contribution in [-0.2, 0) is 17.6 Å². The van der Waals surface area contributed by atoms with Crippen LogP contribution < -0.4 is 5.32 Å². The molecule has 2 nitrogen and oxygen atoms in total. The van der Waals surface area contributed by atoms with Crippen LogP contribution in [0, 0.1) is 0 Å². The summed E-state index contributed by atoms with van der Waals surface area (Å²) < 4.78 is 0. The van der Waals surface area contributed by atoms with Crippen LogP contribution in [-0.4, -0.2) is 12.5 Å². The summed E-state index contributed by atoms with van der Waals surface area (Å²) in [6.45, 7) is 6.32. The molecule has 0 saturated heterocycles. The molecular weight excluding hydrogens is 234 g/mol. The van der Waals surface area contributed by atoms with E-state index in [9.17, 15) is 4.79 Å². The normalized spacial score (nSPS) is 11.0. The van der Waals surface area contributed by atoms with Gasteiger partial charge in [0.05, 0.1) is 0 Å². The van der Waals surface area contributed by atoms with Gasteiger partial charge >= 0.3 is 0 Å². The topological polar surface area (TPSA) is 29.1 Å². The predicted molar refractivity (Wildman–Crippen MR) is 81.0 cm³/mol. The van der Waals surface area contributed by atoms with Crippen LogP contribution in [0.25, 0.3) is 0 Å². The van der Waals surface area contributed by atoms with Crippen molar-refractivity contribution in [1.29, 1.82) is 0 Å². The Kier molecular flexibility index (Phi) is 7.03. The van der Waals surface area contributed by atoms with Crippen LogP contribution in [0.5, 0.6) is 0 Å². The third-order valence-electron chi connectivity index (χ3n) is 2.73. The van der Waals surface area contributed by atoms with Crippen LogP contribution in [0.3, 0.4) is 0 Å². The molecule has 1 N–H and O–H groups in total. The Balaban J connectivity index is 2.44. The number of hydrogen-bond donors (Lipinski definition) is 1. The first kappa shape index (κ1) is 15.0. The average Bonchev–Trinajstić information content (AvgIpc) is 2.41. The second-order valence-electron chi connectivity index (χ2n) is 4.19. The molecule has 0 aromatic heterocycles. The van der Waals surface area contributed by atoms with Crippen molar-refractivity contribution in [3.63, 3.8) is 0 Å². The minimum atomic E-state index is -0.0562. The summed E-state index contributed by atoms with van der Waals surface area (Å²) in [6.07, 6.45) is 10.6. The van der Waals surface area contributed by atoms with Crippen molar-refractivity contribution in [2.75, 3.05) is 6.54 Å². The highest BCUT2D eigenvalue weighted by atomic mass is 16.1. The monoisotopic (exact) mass is 255 g/mol.